The number of alkyl halides is 2. The van der Waals surface area contributed by atoms with Crippen molar-refractivity contribution < 1.29 is 23.0 Å². The van der Waals surface area contributed by atoms with Gasteiger partial charge in [0.1, 0.15) is 0 Å². The number of aromatic nitrogens is 2. The molecule has 0 atom stereocenters. The zero-order valence-electron chi connectivity index (χ0n) is 15.9. The summed E-state index contributed by atoms with van der Waals surface area (Å²) in [6, 6.07) is 11.0. The predicted molar refractivity (Wildman–Crippen MR) is 108 cm³/mol. The van der Waals surface area contributed by atoms with Crippen molar-refractivity contribution in [3.8, 4) is 11.5 Å². The first-order valence-electron chi connectivity index (χ1n) is 9.18. The Kier molecular flexibility index (Phi) is 5.33. The van der Waals surface area contributed by atoms with Crippen LogP contribution < -0.4 is 20.3 Å². The molecular formula is C20H17F2N3O4S. The number of hydrogen-bond donors (Lipinski definition) is 1. The molecule has 2 heterocycles. The first-order chi connectivity index (χ1) is 14.4. The number of nitrogens with zero attached hydrogens (tertiary/aromatic N) is 2. The van der Waals surface area contributed by atoms with Gasteiger partial charge in [0.15, 0.2) is 16.7 Å². The third kappa shape index (κ3) is 4.09. The van der Waals surface area contributed by atoms with Gasteiger partial charge < -0.3 is 14.8 Å². The molecule has 1 N–H and O–H groups in total. The number of fused-ring (bicyclic) bond motifs is 2. The number of ether oxygens (including phenoxy) is 2. The zero-order valence-corrected chi connectivity index (χ0v) is 16.7. The van der Waals surface area contributed by atoms with Gasteiger partial charge in [0.05, 0.1) is 16.7 Å². The molecule has 10 heteroatoms. The summed E-state index contributed by atoms with van der Waals surface area (Å²) in [5, 5.41) is 3.59. The van der Waals surface area contributed by atoms with Crippen molar-refractivity contribution in [2.75, 3.05) is 11.1 Å². The number of benzene rings is 2. The highest BCUT2D eigenvalue weighted by atomic mass is 32.2. The van der Waals surface area contributed by atoms with E-state index in [-0.39, 0.29) is 34.4 Å². The van der Waals surface area contributed by atoms with Gasteiger partial charge in [-0.3, -0.25) is 14.2 Å². The number of nitrogens with one attached hydrogen (secondary N) is 1. The summed E-state index contributed by atoms with van der Waals surface area (Å²) < 4.78 is 36.5. The second kappa shape index (κ2) is 7.94. The molecule has 156 valence electrons. The predicted octanol–water partition coefficient (Wildman–Crippen LogP) is 3.86. The van der Waals surface area contributed by atoms with Crippen molar-refractivity contribution in [3.05, 3.63) is 52.8 Å². The van der Waals surface area contributed by atoms with Crippen LogP contribution in [0.2, 0.25) is 0 Å². The van der Waals surface area contributed by atoms with Gasteiger partial charge in [0.2, 0.25) is 5.91 Å². The molecule has 3 aromatic rings. The molecule has 0 saturated carbocycles. The summed E-state index contributed by atoms with van der Waals surface area (Å²) in [6.45, 7) is 2.43. The smallest absolute Gasteiger partial charge is 0.395 e. The molecule has 0 radical (unpaired) electrons. The largest absolute Gasteiger partial charge is 0.586 e. The summed E-state index contributed by atoms with van der Waals surface area (Å²) >= 11 is 1.13. The Morgan fingerprint density at radius 2 is 1.97 bits per heavy atom. The molecule has 2 aromatic carbocycles. The number of carbonyl (C=O) groups is 1. The van der Waals surface area contributed by atoms with Gasteiger partial charge in [-0.05, 0) is 30.7 Å². The fraction of sp³-hybridized carbons (Fsp3) is 0.250. The number of carbonyl (C=O) groups excluding carboxylic acids is 1. The Labute approximate surface area is 174 Å². The van der Waals surface area contributed by atoms with E-state index >= 15 is 0 Å². The summed E-state index contributed by atoms with van der Waals surface area (Å²) in [6.07, 6.45) is -2.98. The monoisotopic (exact) mass is 433 g/mol. The number of thioether (sulfide) groups is 1. The molecule has 0 bridgehead atoms. The third-order valence-corrected chi connectivity index (χ3v) is 5.27. The standard InChI is InChI=1S/C20H17F2N3O4S/c1-2-9-25-18(27)13-5-3-4-6-14(13)24-19(25)30-11-17(26)23-12-7-8-15-16(10-12)29-20(21,22)28-15/h3-8,10H,2,9,11H2,1H3,(H,23,26). The van der Waals surface area contributed by atoms with Crippen LogP contribution in [0.1, 0.15) is 13.3 Å². The second-order valence-corrected chi connectivity index (χ2v) is 7.48. The highest BCUT2D eigenvalue weighted by Crippen LogP contribution is 2.42. The Bertz CT molecular complexity index is 1180. The molecule has 7 nitrogen and oxygen atoms in total. The van der Waals surface area contributed by atoms with Crippen LogP contribution in [0.5, 0.6) is 11.5 Å². The second-order valence-electron chi connectivity index (χ2n) is 6.53. The van der Waals surface area contributed by atoms with E-state index in [4.69, 9.17) is 0 Å². The highest BCUT2D eigenvalue weighted by molar-refractivity contribution is 7.99. The molecule has 0 unspecified atom stereocenters. The van der Waals surface area contributed by atoms with Gasteiger partial charge in [0, 0.05) is 18.3 Å². The van der Waals surface area contributed by atoms with Crippen molar-refractivity contribution in [1.29, 1.82) is 0 Å². The minimum Gasteiger partial charge on any atom is -0.395 e. The van der Waals surface area contributed by atoms with Crippen LogP contribution in [0.3, 0.4) is 0 Å². The van der Waals surface area contributed by atoms with E-state index in [0.29, 0.717) is 22.6 Å². The molecule has 30 heavy (non-hydrogen) atoms. The van der Waals surface area contributed by atoms with E-state index in [1.165, 1.54) is 18.2 Å². The van der Waals surface area contributed by atoms with E-state index in [9.17, 15) is 18.4 Å². The fourth-order valence-electron chi connectivity index (χ4n) is 3.03. The summed E-state index contributed by atoms with van der Waals surface area (Å²) in [5.74, 6) is -0.648. The van der Waals surface area contributed by atoms with Gasteiger partial charge in [-0.25, -0.2) is 4.98 Å². The average Bonchev–Trinajstić information content (AvgIpc) is 3.02. The summed E-state index contributed by atoms with van der Waals surface area (Å²) in [4.78, 5) is 29.6. The summed E-state index contributed by atoms with van der Waals surface area (Å²) in [5.41, 5.74) is 0.703. The molecule has 0 aliphatic carbocycles. The van der Waals surface area contributed by atoms with E-state index in [0.717, 1.165) is 18.2 Å². The molecule has 1 amide bonds. The van der Waals surface area contributed by atoms with Crippen molar-refractivity contribution in [3.63, 3.8) is 0 Å². The first-order valence-corrected chi connectivity index (χ1v) is 10.2. The molecule has 0 fully saturated rings. The van der Waals surface area contributed by atoms with E-state index in [2.05, 4.69) is 19.8 Å². The third-order valence-electron chi connectivity index (χ3n) is 4.29. The van der Waals surface area contributed by atoms with Crippen LogP contribution in [0.4, 0.5) is 14.5 Å². The van der Waals surface area contributed by atoms with Crippen LogP contribution in [-0.4, -0.2) is 27.5 Å². The van der Waals surface area contributed by atoms with E-state index in [1.54, 1.807) is 28.8 Å². The number of para-hydroxylation sites is 1. The van der Waals surface area contributed by atoms with E-state index in [1.807, 2.05) is 6.92 Å². The van der Waals surface area contributed by atoms with Crippen molar-refractivity contribution in [1.82, 2.24) is 9.55 Å². The molecule has 1 aromatic heterocycles. The Morgan fingerprint density at radius 1 is 1.20 bits per heavy atom. The molecule has 0 spiro atoms. The molecular weight excluding hydrogens is 416 g/mol. The molecule has 0 saturated heterocycles. The van der Waals surface area contributed by atoms with E-state index < -0.39 is 6.29 Å². The SMILES string of the molecule is CCCn1c(SCC(=O)Nc2ccc3c(c2)OC(F)(F)O3)nc2ccccc2c1=O. The average molecular weight is 433 g/mol. The van der Waals surface area contributed by atoms with Crippen LogP contribution in [0, 0.1) is 0 Å². The minimum absolute atomic E-state index is 0.0148. The lowest BCUT2D eigenvalue weighted by molar-refractivity contribution is -0.286. The van der Waals surface area contributed by atoms with Gasteiger partial charge in [0.25, 0.3) is 5.56 Å². The highest BCUT2D eigenvalue weighted by Gasteiger charge is 2.43. The van der Waals surface area contributed by atoms with Crippen molar-refractivity contribution in [2.45, 2.75) is 31.3 Å². The lowest BCUT2D eigenvalue weighted by Crippen LogP contribution is -2.25. The van der Waals surface area contributed by atoms with Crippen LogP contribution >= 0.6 is 11.8 Å². The van der Waals surface area contributed by atoms with Crippen LogP contribution in [0.15, 0.2) is 52.4 Å². The number of hydrogen-bond acceptors (Lipinski definition) is 6. The lowest BCUT2D eigenvalue weighted by Gasteiger charge is -2.12. The van der Waals surface area contributed by atoms with Crippen LogP contribution in [-0.2, 0) is 11.3 Å². The number of amides is 1. The molecule has 1 aliphatic rings. The fourth-order valence-corrected chi connectivity index (χ4v) is 3.86. The quantitative estimate of drug-likeness (QED) is 0.470. The van der Waals surface area contributed by atoms with Crippen molar-refractivity contribution in [2.24, 2.45) is 0 Å². The van der Waals surface area contributed by atoms with Crippen molar-refractivity contribution >= 4 is 34.3 Å². The molecule has 1 aliphatic heterocycles. The Morgan fingerprint density at radius 3 is 2.77 bits per heavy atom. The van der Waals surface area contributed by atoms with Gasteiger partial charge in [-0.15, -0.1) is 8.78 Å². The van der Waals surface area contributed by atoms with Gasteiger partial charge >= 0.3 is 6.29 Å². The number of anilines is 1. The van der Waals surface area contributed by atoms with Crippen LogP contribution in [0.25, 0.3) is 10.9 Å². The maximum absolute atomic E-state index is 13.1. The number of halogens is 2. The van der Waals surface area contributed by atoms with Gasteiger partial charge in [-0.2, -0.15) is 0 Å². The number of rotatable bonds is 6. The zero-order chi connectivity index (χ0) is 21.3. The maximum Gasteiger partial charge on any atom is 0.586 e. The Hall–Kier alpha value is -3.14. The molecule has 4 rings (SSSR count). The Balaban J connectivity index is 1.49. The van der Waals surface area contributed by atoms with Gasteiger partial charge in [-0.1, -0.05) is 30.8 Å². The normalized spacial score (nSPS) is 14.1. The first kappa shape index (κ1) is 20.1. The maximum atomic E-state index is 13.1. The summed E-state index contributed by atoms with van der Waals surface area (Å²) in [7, 11) is 0. The topological polar surface area (TPSA) is 82.5 Å². The lowest BCUT2D eigenvalue weighted by atomic mass is 10.2. The minimum atomic E-state index is -3.72.